The van der Waals surface area contributed by atoms with Crippen LogP contribution in [0.1, 0.15) is 39.1 Å². The summed E-state index contributed by atoms with van der Waals surface area (Å²) in [6, 6.07) is 7.99. The van der Waals surface area contributed by atoms with Crippen LogP contribution < -0.4 is 20.9 Å². The van der Waals surface area contributed by atoms with Gasteiger partial charge in [-0.15, -0.1) is 0 Å². The molecule has 1 unspecified atom stereocenters. The first-order valence-electron chi connectivity index (χ1n) is 11.0. The van der Waals surface area contributed by atoms with Crippen LogP contribution in [0.4, 0.5) is 11.5 Å². The zero-order valence-corrected chi connectivity index (χ0v) is 18.0. The van der Waals surface area contributed by atoms with Gasteiger partial charge in [-0.05, 0) is 36.2 Å². The van der Waals surface area contributed by atoms with Gasteiger partial charge in [0.1, 0.15) is 6.04 Å². The average Bonchev–Trinajstić information content (AvgIpc) is 3.08. The van der Waals surface area contributed by atoms with Gasteiger partial charge in [-0.3, -0.25) is 29.4 Å². The van der Waals surface area contributed by atoms with E-state index in [1.807, 2.05) is 12.1 Å². The molecular weight excluding hydrogens is 424 g/mol. The van der Waals surface area contributed by atoms with Crippen molar-refractivity contribution in [3.05, 3.63) is 53.2 Å². The van der Waals surface area contributed by atoms with E-state index in [1.165, 1.54) is 0 Å². The van der Waals surface area contributed by atoms with Crippen molar-refractivity contribution < 1.29 is 19.2 Å². The number of anilines is 2. The van der Waals surface area contributed by atoms with Crippen LogP contribution in [0.5, 0.6) is 0 Å². The Hall–Kier alpha value is -3.79. The molecule has 1 aromatic carbocycles. The number of pyridine rings is 1. The maximum atomic E-state index is 13.0. The minimum Gasteiger partial charge on any atom is -0.378 e. The first kappa shape index (κ1) is 21.1. The maximum Gasteiger partial charge on any atom is 0.262 e. The van der Waals surface area contributed by atoms with Crippen LogP contribution in [-0.4, -0.2) is 65.7 Å². The van der Waals surface area contributed by atoms with Gasteiger partial charge in [0.15, 0.2) is 5.82 Å². The molecule has 2 fully saturated rings. The highest BCUT2D eigenvalue weighted by Crippen LogP contribution is 2.29. The van der Waals surface area contributed by atoms with Crippen LogP contribution in [0.2, 0.25) is 0 Å². The number of aromatic nitrogens is 1. The van der Waals surface area contributed by atoms with Crippen LogP contribution in [-0.2, 0) is 16.1 Å². The summed E-state index contributed by atoms with van der Waals surface area (Å²) in [5.74, 6) is -1.13. The van der Waals surface area contributed by atoms with Gasteiger partial charge in [0.05, 0.1) is 16.8 Å². The normalized spacial score (nSPS) is 20.7. The Kier molecular flexibility index (Phi) is 5.51. The minimum absolute atomic E-state index is 0.0967. The monoisotopic (exact) mass is 448 g/mol. The summed E-state index contributed by atoms with van der Waals surface area (Å²) < 4.78 is 0. The van der Waals surface area contributed by atoms with E-state index in [-0.39, 0.29) is 24.0 Å². The molecular formula is C23H24N6O4. The second kappa shape index (κ2) is 8.62. The molecule has 2 saturated heterocycles. The summed E-state index contributed by atoms with van der Waals surface area (Å²) >= 11 is 0. The number of nitrogens with zero attached hydrogens (tertiary/aromatic N) is 3. The SMILES string of the molecule is O=C1CCC(N2C(=O)c3ccc(CNc4cccnc4N4CCNCC4)cc3C2=O)C(=O)N1. The Balaban J connectivity index is 1.33. The number of carbonyl (C=O) groups excluding carboxylic acids is 4. The second-order valence-corrected chi connectivity index (χ2v) is 8.29. The molecule has 33 heavy (non-hydrogen) atoms. The summed E-state index contributed by atoms with van der Waals surface area (Å²) in [6.07, 6.45) is 2.01. The largest absolute Gasteiger partial charge is 0.378 e. The van der Waals surface area contributed by atoms with Gasteiger partial charge in [0.25, 0.3) is 11.8 Å². The average molecular weight is 448 g/mol. The fraction of sp³-hybridized carbons (Fsp3) is 0.348. The van der Waals surface area contributed by atoms with Crippen molar-refractivity contribution >= 4 is 35.1 Å². The number of rotatable bonds is 5. The van der Waals surface area contributed by atoms with Crippen LogP contribution in [0.15, 0.2) is 36.5 Å². The Morgan fingerprint density at radius 2 is 1.82 bits per heavy atom. The van der Waals surface area contributed by atoms with Crippen LogP contribution >= 0.6 is 0 Å². The zero-order chi connectivity index (χ0) is 22.9. The zero-order valence-electron chi connectivity index (χ0n) is 18.0. The van der Waals surface area contributed by atoms with Crippen LogP contribution in [0, 0.1) is 0 Å². The first-order chi connectivity index (χ1) is 16.0. The van der Waals surface area contributed by atoms with Crippen molar-refractivity contribution in [3.8, 4) is 0 Å². The molecule has 10 heteroatoms. The molecule has 3 N–H and O–H groups in total. The van der Waals surface area contributed by atoms with Gasteiger partial charge < -0.3 is 15.5 Å². The molecule has 2 aromatic rings. The van der Waals surface area contributed by atoms with Crippen molar-refractivity contribution in [2.45, 2.75) is 25.4 Å². The topological polar surface area (TPSA) is 124 Å². The summed E-state index contributed by atoms with van der Waals surface area (Å²) in [5.41, 5.74) is 2.27. The minimum atomic E-state index is -0.964. The Bertz CT molecular complexity index is 1140. The summed E-state index contributed by atoms with van der Waals surface area (Å²) in [4.78, 5) is 57.3. The van der Waals surface area contributed by atoms with Crippen LogP contribution in [0.3, 0.4) is 0 Å². The third-order valence-corrected chi connectivity index (χ3v) is 6.19. The highest BCUT2D eigenvalue weighted by atomic mass is 16.2. The van der Waals surface area contributed by atoms with Gasteiger partial charge in [-0.25, -0.2) is 4.98 Å². The van der Waals surface area contributed by atoms with Gasteiger partial charge in [0, 0.05) is 45.3 Å². The van der Waals surface area contributed by atoms with Crippen molar-refractivity contribution in [1.29, 1.82) is 0 Å². The van der Waals surface area contributed by atoms with E-state index in [0.29, 0.717) is 6.54 Å². The number of carbonyl (C=O) groups is 4. The third kappa shape index (κ3) is 3.93. The molecule has 10 nitrogen and oxygen atoms in total. The molecule has 0 spiro atoms. The molecule has 1 atom stereocenters. The smallest absolute Gasteiger partial charge is 0.262 e. The molecule has 170 valence electrons. The summed E-state index contributed by atoms with van der Waals surface area (Å²) in [5, 5.41) is 8.93. The van der Waals surface area contributed by atoms with Gasteiger partial charge in [-0.1, -0.05) is 6.07 Å². The van der Waals surface area contributed by atoms with Crippen molar-refractivity contribution in [3.63, 3.8) is 0 Å². The standard InChI is InChI=1S/C23H24N6O4/c30-19-6-5-18(21(31)27-19)29-22(32)15-4-3-14(12-16(15)23(29)33)13-26-17-2-1-7-25-20(17)28-10-8-24-9-11-28/h1-4,7,12,18,24,26H,5-6,8-11,13H2,(H,27,30,31). The first-order valence-corrected chi connectivity index (χ1v) is 11.0. The molecule has 3 aliphatic heterocycles. The van der Waals surface area contributed by atoms with E-state index < -0.39 is 29.7 Å². The fourth-order valence-corrected chi connectivity index (χ4v) is 4.49. The van der Waals surface area contributed by atoms with Gasteiger partial charge in [0.2, 0.25) is 11.8 Å². The molecule has 0 bridgehead atoms. The van der Waals surface area contributed by atoms with E-state index in [0.717, 1.165) is 48.1 Å². The lowest BCUT2D eigenvalue weighted by Crippen LogP contribution is -2.54. The highest BCUT2D eigenvalue weighted by molar-refractivity contribution is 6.23. The Morgan fingerprint density at radius 1 is 1.03 bits per heavy atom. The van der Waals surface area contributed by atoms with Crippen molar-refractivity contribution in [2.75, 3.05) is 36.4 Å². The van der Waals surface area contributed by atoms with Crippen molar-refractivity contribution in [2.24, 2.45) is 0 Å². The number of fused-ring (bicyclic) bond motifs is 1. The fourth-order valence-electron chi connectivity index (χ4n) is 4.49. The lowest BCUT2D eigenvalue weighted by molar-refractivity contribution is -0.136. The molecule has 3 aliphatic rings. The maximum absolute atomic E-state index is 13.0. The highest BCUT2D eigenvalue weighted by Gasteiger charge is 2.44. The van der Waals surface area contributed by atoms with Crippen LogP contribution in [0.25, 0.3) is 0 Å². The predicted octanol–water partition coefficient (Wildman–Crippen LogP) is 0.505. The Labute approximate surface area is 190 Å². The van der Waals surface area contributed by atoms with E-state index >= 15 is 0 Å². The van der Waals surface area contributed by atoms with E-state index in [4.69, 9.17) is 0 Å². The number of nitrogens with one attached hydrogen (secondary N) is 3. The quantitative estimate of drug-likeness (QED) is 0.565. The number of amides is 4. The van der Waals surface area contributed by atoms with Gasteiger partial charge in [-0.2, -0.15) is 0 Å². The molecule has 0 radical (unpaired) electrons. The summed E-state index contributed by atoms with van der Waals surface area (Å²) in [7, 11) is 0. The number of hydrogen-bond donors (Lipinski definition) is 3. The van der Waals surface area contributed by atoms with Crippen molar-refractivity contribution in [1.82, 2.24) is 20.5 Å². The number of piperazine rings is 1. The summed E-state index contributed by atoms with van der Waals surface area (Å²) in [6.45, 7) is 3.99. The molecule has 5 rings (SSSR count). The lowest BCUT2D eigenvalue weighted by Gasteiger charge is -2.30. The molecule has 1 aromatic heterocycles. The van der Waals surface area contributed by atoms with E-state index in [9.17, 15) is 19.2 Å². The third-order valence-electron chi connectivity index (χ3n) is 6.19. The predicted molar refractivity (Wildman–Crippen MR) is 120 cm³/mol. The van der Waals surface area contributed by atoms with Gasteiger partial charge >= 0.3 is 0 Å². The second-order valence-electron chi connectivity index (χ2n) is 8.29. The molecule has 0 saturated carbocycles. The van der Waals surface area contributed by atoms with E-state index in [1.54, 1.807) is 24.4 Å². The Morgan fingerprint density at radius 3 is 2.61 bits per heavy atom. The number of benzene rings is 1. The lowest BCUT2D eigenvalue weighted by atomic mass is 10.0. The molecule has 0 aliphatic carbocycles. The molecule has 4 heterocycles. The molecule has 4 amide bonds. The van der Waals surface area contributed by atoms with E-state index in [2.05, 4.69) is 25.8 Å². The number of hydrogen-bond acceptors (Lipinski definition) is 8. The number of piperidine rings is 1. The number of imide groups is 2.